The molecule has 0 atom stereocenters. The minimum atomic E-state index is 0.0823. The molecule has 1 aliphatic rings. The fourth-order valence-corrected chi connectivity index (χ4v) is 5.02. The minimum absolute atomic E-state index is 0.0823. The largest absolute Gasteiger partial charge is 0.323 e. The van der Waals surface area contributed by atoms with E-state index in [1.807, 2.05) is 6.07 Å². The molecule has 0 saturated heterocycles. The zero-order valence-corrected chi connectivity index (χ0v) is 14.0. The van der Waals surface area contributed by atoms with Crippen LogP contribution in [0.1, 0.15) is 34.4 Å². The Hall–Kier alpha value is -2.14. The molecule has 116 valence electrons. The minimum Gasteiger partial charge on any atom is -0.323 e. The van der Waals surface area contributed by atoms with Crippen LogP contribution in [0.25, 0.3) is 27.0 Å². The molecule has 3 aromatic heterocycles. The van der Waals surface area contributed by atoms with Crippen molar-refractivity contribution in [1.82, 2.24) is 14.4 Å². The summed E-state index contributed by atoms with van der Waals surface area (Å²) < 4.78 is 1.76. The van der Waals surface area contributed by atoms with Crippen LogP contribution in [0.3, 0.4) is 0 Å². The third kappa shape index (κ3) is 1.66. The van der Waals surface area contributed by atoms with Crippen molar-refractivity contribution in [3.8, 4) is 0 Å². The first-order valence-corrected chi connectivity index (χ1v) is 8.91. The number of benzene rings is 1. The van der Waals surface area contributed by atoms with Gasteiger partial charge >= 0.3 is 0 Å². The number of fused-ring (bicyclic) bond motifs is 6. The number of imidazole rings is 1. The van der Waals surface area contributed by atoms with E-state index in [4.69, 9.17) is 4.98 Å². The Balaban J connectivity index is 2.00. The molecule has 0 radical (unpaired) electrons. The zero-order chi connectivity index (χ0) is 15.7. The zero-order valence-electron chi connectivity index (χ0n) is 13.2. The van der Waals surface area contributed by atoms with Crippen molar-refractivity contribution in [1.29, 1.82) is 0 Å². The third-order valence-electron chi connectivity index (χ3n) is 5.18. The first-order valence-electron chi connectivity index (χ1n) is 8.10. The Labute approximate surface area is 136 Å². The van der Waals surface area contributed by atoms with Crippen molar-refractivity contribution in [3.05, 3.63) is 44.1 Å². The lowest BCUT2D eigenvalue weighted by Crippen LogP contribution is -2.15. The number of hydrogen-bond donors (Lipinski definition) is 1. The van der Waals surface area contributed by atoms with Crippen LogP contribution in [0.4, 0.5) is 0 Å². The van der Waals surface area contributed by atoms with Gasteiger partial charge in [-0.3, -0.25) is 4.79 Å². The van der Waals surface area contributed by atoms with Gasteiger partial charge in [0.25, 0.3) is 5.56 Å². The van der Waals surface area contributed by atoms with Crippen molar-refractivity contribution in [3.63, 3.8) is 0 Å². The van der Waals surface area contributed by atoms with Gasteiger partial charge in [0, 0.05) is 4.88 Å². The maximum atomic E-state index is 13.2. The highest BCUT2D eigenvalue weighted by Gasteiger charge is 2.22. The summed E-state index contributed by atoms with van der Waals surface area (Å²) in [6.45, 7) is 4.17. The molecule has 5 rings (SSSR count). The van der Waals surface area contributed by atoms with Gasteiger partial charge in [-0.25, -0.2) is 9.38 Å². The predicted molar refractivity (Wildman–Crippen MR) is 94.8 cm³/mol. The van der Waals surface area contributed by atoms with Crippen LogP contribution in [-0.2, 0) is 12.8 Å². The maximum absolute atomic E-state index is 13.2. The average molecular weight is 323 g/mol. The van der Waals surface area contributed by atoms with E-state index in [1.54, 1.807) is 15.7 Å². The molecule has 0 bridgehead atoms. The Kier molecular flexibility index (Phi) is 2.57. The normalized spacial score (nSPS) is 14.9. The van der Waals surface area contributed by atoms with E-state index in [-0.39, 0.29) is 5.56 Å². The summed E-state index contributed by atoms with van der Waals surface area (Å²) in [5.41, 5.74) is 5.67. The fourth-order valence-electron chi connectivity index (χ4n) is 3.77. The summed E-state index contributed by atoms with van der Waals surface area (Å²) >= 11 is 1.70. The Morgan fingerprint density at radius 1 is 1.22 bits per heavy atom. The van der Waals surface area contributed by atoms with Gasteiger partial charge in [-0.2, -0.15) is 0 Å². The van der Waals surface area contributed by atoms with Gasteiger partial charge in [-0.15, -0.1) is 11.3 Å². The standard InChI is InChI=1S/C18H17N3OS/c1-9-7-8-12-15(10(9)2)19-18-20-16-14(17(22)21(12)18)11-5-3-4-6-13(11)23-16/h7-8H,3-6H2,1-2H3,(H,19,20). The number of rotatable bonds is 0. The number of thiophene rings is 1. The SMILES string of the molecule is Cc1ccc2c([nH]c3nc4sc5c(c4c(=O)n32)CCCC5)c1C. The second-order valence-electron chi connectivity index (χ2n) is 6.49. The number of hydrogen-bond acceptors (Lipinski definition) is 3. The molecule has 0 aliphatic heterocycles. The number of nitrogens with one attached hydrogen (secondary N) is 1. The molecular weight excluding hydrogens is 306 g/mol. The van der Waals surface area contributed by atoms with E-state index in [9.17, 15) is 4.79 Å². The van der Waals surface area contributed by atoms with Crippen LogP contribution < -0.4 is 5.56 Å². The molecule has 0 unspecified atom stereocenters. The monoisotopic (exact) mass is 323 g/mol. The fraction of sp³-hybridized carbons (Fsp3) is 0.333. The van der Waals surface area contributed by atoms with E-state index in [1.165, 1.54) is 34.4 Å². The molecule has 1 aromatic carbocycles. The van der Waals surface area contributed by atoms with E-state index in [0.29, 0.717) is 5.78 Å². The van der Waals surface area contributed by atoms with Gasteiger partial charge in [0.05, 0.1) is 16.4 Å². The highest BCUT2D eigenvalue weighted by Crippen LogP contribution is 2.34. The molecular formula is C18H17N3OS. The summed E-state index contributed by atoms with van der Waals surface area (Å²) in [4.78, 5) is 23.6. The van der Waals surface area contributed by atoms with Gasteiger partial charge in [0.2, 0.25) is 5.78 Å². The first-order chi connectivity index (χ1) is 11.1. The molecule has 4 aromatic rings. The van der Waals surface area contributed by atoms with Gasteiger partial charge in [0.1, 0.15) is 4.83 Å². The lowest BCUT2D eigenvalue weighted by atomic mass is 9.97. The van der Waals surface area contributed by atoms with Crippen LogP contribution in [0, 0.1) is 13.8 Å². The molecule has 23 heavy (non-hydrogen) atoms. The van der Waals surface area contributed by atoms with Gasteiger partial charge < -0.3 is 4.98 Å². The van der Waals surface area contributed by atoms with Crippen molar-refractivity contribution in [2.45, 2.75) is 39.5 Å². The number of nitrogens with zero attached hydrogens (tertiary/aromatic N) is 2. The molecule has 5 heteroatoms. The number of aryl methyl sites for hydroxylation is 4. The average Bonchev–Trinajstić information content (AvgIpc) is 3.09. The molecule has 0 spiro atoms. The highest BCUT2D eigenvalue weighted by molar-refractivity contribution is 7.18. The number of H-pyrrole nitrogens is 1. The second kappa shape index (κ2) is 4.45. The molecule has 1 N–H and O–H groups in total. The molecule has 0 saturated carbocycles. The Morgan fingerprint density at radius 2 is 2.04 bits per heavy atom. The van der Waals surface area contributed by atoms with E-state index in [0.717, 1.165) is 34.1 Å². The van der Waals surface area contributed by atoms with E-state index in [2.05, 4.69) is 24.9 Å². The lowest BCUT2D eigenvalue weighted by molar-refractivity contribution is 0.700. The van der Waals surface area contributed by atoms with Gasteiger partial charge in [0.15, 0.2) is 0 Å². The Morgan fingerprint density at radius 3 is 2.91 bits per heavy atom. The van der Waals surface area contributed by atoms with Crippen molar-refractivity contribution < 1.29 is 0 Å². The van der Waals surface area contributed by atoms with E-state index < -0.39 is 0 Å². The molecule has 1 aliphatic carbocycles. The first kappa shape index (κ1) is 13.3. The molecule has 0 fully saturated rings. The quantitative estimate of drug-likeness (QED) is 0.534. The van der Waals surface area contributed by atoms with Crippen molar-refractivity contribution in [2.75, 3.05) is 0 Å². The van der Waals surface area contributed by atoms with Crippen molar-refractivity contribution in [2.24, 2.45) is 0 Å². The summed E-state index contributed by atoms with van der Waals surface area (Å²) in [5.74, 6) is 0.657. The molecule has 0 amide bonds. The third-order valence-corrected chi connectivity index (χ3v) is 6.37. The molecule has 4 nitrogen and oxygen atoms in total. The van der Waals surface area contributed by atoms with Crippen LogP contribution in [0.5, 0.6) is 0 Å². The lowest BCUT2D eigenvalue weighted by Gasteiger charge is -2.09. The van der Waals surface area contributed by atoms with Crippen LogP contribution in [0.2, 0.25) is 0 Å². The van der Waals surface area contributed by atoms with E-state index >= 15 is 0 Å². The summed E-state index contributed by atoms with van der Waals surface area (Å²) in [6.07, 6.45) is 4.50. The Bertz CT molecular complexity index is 1160. The summed E-state index contributed by atoms with van der Waals surface area (Å²) in [5, 5.41) is 0.848. The maximum Gasteiger partial charge on any atom is 0.268 e. The number of aromatic amines is 1. The topological polar surface area (TPSA) is 50.2 Å². The van der Waals surface area contributed by atoms with Gasteiger partial charge in [-0.1, -0.05) is 6.07 Å². The van der Waals surface area contributed by atoms with Crippen LogP contribution in [0.15, 0.2) is 16.9 Å². The van der Waals surface area contributed by atoms with Crippen LogP contribution >= 0.6 is 11.3 Å². The summed E-state index contributed by atoms with van der Waals surface area (Å²) in [7, 11) is 0. The molecule has 3 heterocycles. The van der Waals surface area contributed by atoms with Crippen LogP contribution in [-0.4, -0.2) is 14.4 Å². The number of aromatic nitrogens is 3. The summed E-state index contributed by atoms with van der Waals surface area (Å²) in [6, 6.07) is 4.10. The van der Waals surface area contributed by atoms with Crippen molar-refractivity contribution >= 4 is 38.4 Å². The second-order valence-corrected chi connectivity index (χ2v) is 7.58. The smallest absolute Gasteiger partial charge is 0.268 e. The predicted octanol–water partition coefficient (Wildman–Crippen LogP) is 3.89. The van der Waals surface area contributed by atoms with Gasteiger partial charge in [-0.05, 0) is 62.3 Å². The highest BCUT2D eigenvalue weighted by atomic mass is 32.1.